The second-order valence-electron chi connectivity index (χ2n) is 5.42. The normalized spacial score (nSPS) is 13.7. The zero-order chi connectivity index (χ0) is 17.6. The first-order chi connectivity index (χ1) is 10.8. The number of alkyl halides is 3. The third-order valence-corrected chi connectivity index (χ3v) is 3.37. The smallest absolute Gasteiger partial charge is 0.276 e. The fourth-order valence-corrected chi connectivity index (χ4v) is 1.89. The van der Waals surface area contributed by atoms with Gasteiger partial charge in [-0.3, -0.25) is 9.36 Å². The summed E-state index contributed by atoms with van der Waals surface area (Å²) in [6.45, 7) is 5.57. The minimum Gasteiger partial charge on any atom is -0.276 e. The van der Waals surface area contributed by atoms with Gasteiger partial charge in [0.25, 0.3) is 0 Å². The number of halogens is 3. The molecule has 3 rings (SSSR count). The molecule has 130 valence electrons. The van der Waals surface area contributed by atoms with Crippen molar-refractivity contribution in [3.63, 3.8) is 0 Å². The van der Waals surface area contributed by atoms with E-state index in [9.17, 15) is 13.2 Å². The summed E-state index contributed by atoms with van der Waals surface area (Å²) in [6, 6.07) is 3.12. The fraction of sp³-hybridized carbons (Fsp3) is 0.625. The lowest BCUT2D eigenvalue weighted by Crippen LogP contribution is -2.06. The van der Waals surface area contributed by atoms with E-state index in [0.717, 1.165) is 12.0 Å². The molecule has 1 aliphatic carbocycles. The van der Waals surface area contributed by atoms with E-state index < -0.39 is 11.9 Å². The van der Waals surface area contributed by atoms with E-state index in [4.69, 9.17) is 0 Å². The highest BCUT2D eigenvalue weighted by Crippen LogP contribution is 2.31. The van der Waals surface area contributed by atoms with Crippen molar-refractivity contribution in [3.8, 4) is 0 Å². The molecule has 0 atom stereocenters. The van der Waals surface area contributed by atoms with Crippen molar-refractivity contribution in [3.05, 3.63) is 35.4 Å². The monoisotopic (exact) mass is 330 g/mol. The maximum absolute atomic E-state index is 11.9. The van der Waals surface area contributed by atoms with Crippen LogP contribution in [0.1, 0.15) is 43.8 Å². The molecule has 23 heavy (non-hydrogen) atoms. The molecule has 0 bridgehead atoms. The summed E-state index contributed by atoms with van der Waals surface area (Å²) in [6.07, 6.45) is 1.71. The van der Waals surface area contributed by atoms with Gasteiger partial charge in [-0.15, -0.1) is 0 Å². The number of rotatable bonds is 2. The van der Waals surface area contributed by atoms with Crippen LogP contribution in [0.15, 0.2) is 18.3 Å². The average Bonchev–Trinajstić information content (AvgIpc) is 3.10. The Morgan fingerprint density at radius 1 is 1.17 bits per heavy atom. The average molecular weight is 330 g/mol. The van der Waals surface area contributed by atoms with Crippen molar-refractivity contribution in [1.29, 1.82) is 0 Å². The van der Waals surface area contributed by atoms with Gasteiger partial charge in [0.2, 0.25) is 0 Å². The van der Waals surface area contributed by atoms with Gasteiger partial charge in [-0.25, -0.2) is 0 Å². The zero-order valence-electron chi connectivity index (χ0n) is 14.4. The lowest BCUT2D eigenvalue weighted by molar-refractivity contribution is -0.141. The molecule has 0 radical (unpaired) electrons. The highest BCUT2D eigenvalue weighted by atomic mass is 19.4. The third kappa shape index (κ3) is 6.46. The molecule has 2 aromatic rings. The van der Waals surface area contributed by atoms with Gasteiger partial charge in [-0.1, -0.05) is 13.8 Å². The molecule has 2 heterocycles. The van der Waals surface area contributed by atoms with E-state index in [2.05, 4.69) is 16.3 Å². The van der Waals surface area contributed by atoms with Gasteiger partial charge in [0.15, 0.2) is 5.69 Å². The Morgan fingerprint density at radius 3 is 2.09 bits per heavy atom. The van der Waals surface area contributed by atoms with Crippen LogP contribution >= 0.6 is 0 Å². The molecule has 4 nitrogen and oxygen atoms in total. The van der Waals surface area contributed by atoms with Crippen LogP contribution in [0.4, 0.5) is 13.2 Å². The van der Waals surface area contributed by atoms with Crippen LogP contribution in [0.3, 0.4) is 0 Å². The van der Waals surface area contributed by atoms with Crippen LogP contribution in [0.25, 0.3) is 0 Å². The fourth-order valence-electron chi connectivity index (χ4n) is 1.89. The zero-order valence-corrected chi connectivity index (χ0v) is 14.4. The van der Waals surface area contributed by atoms with Crippen molar-refractivity contribution in [2.24, 2.45) is 20.0 Å². The molecule has 2 aromatic heterocycles. The lowest BCUT2D eigenvalue weighted by Gasteiger charge is -1.99. The summed E-state index contributed by atoms with van der Waals surface area (Å²) in [5, 5.41) is 7.58. The second-order valence-corrected chi connectivity index (χ2v) is 5.42. The van der Waals surface area contributed by atoms with Crippen LogP contribution in [0.2, 0.25) is 0 Å². The van der Waals surface area contributed by atoms with E-state index in [1.807, 2.05) is 31.8 Å². The Bertz CT molecular complexity index is 575. The standard InChI is InChI=1S/C8H12N2.C6H7F3N2.C2H6/c1-10-5-4-8(9-10)6-7-2-3-7;1-4-3-5(6(7,8)9)10-11(4)2;1-2/h4-5,7H,2-3,6H2,1H3;3H,1-2H3;1-2H3. The Balaban J connectivity index is 0.000000208. The van der Waals surface area contributed by atoms with E-state index in [0.29, 0.717) is 5.69 Å². The van der Waals surface area contributed by atoms with Crippen LogP contribution in [0.5, 0.6) is 0 Å². The van der Waals surface area contributed by atoms with Crippen molar-refractivity contribution in [1.82, 2.24) is 19.6 Å². The maximum Gasteiger partial charge on any atom is 0.435 e. The summed E-state index contributed by atoms with van der Waals surface area (Å²) < 4.78 is 38.8. The minimum atomic E-state index is -4.33. The van der Waals surface area contributed by atoms with Crippen LogP contribution in [-0.2, 0) is 26.7 Å². The molecule has 0 aromatic carbocycles. The Labute approximate surface area is 135 Å². The summed E-state index contributed by atoms with van der Waals surface area (Å²) >= 11 is 0. The van der Waals surface area contributed by atoms with Gasteiger partial charge in [-0.05, 0) is 44.2 Å². The van der Waals surface area contributed by atoms with E-state index in [-0.39, 0.29) is 0 Å². The van der Waals surface area contributed by atoms with E-state index in [1.165, 1.54) is 36.7 Å². The number of nitrogens with zero attached hydrogens (tertiary/aromatic N) is 4. The first kappa shape index (κ1) is 19.3. The number of aromatic nitrogens is 4. The largest absolute Gasteiger partial charge is 0.435 e. The molecular formula is C16H25F3N4. The van der Waals surface area contributed by atoms with Crippen molar-refractivity contribution < 1.29 is 13.2 Å². The first-order valence-electron chi connectivity index (χ1n) is 7.82. The quantitative estimate of drug-likeness (QED) is 0.829. The molecule has 0 saturated heterocycles. The summed E-state index contributed by atoms with van der Waals surface area (Å²) in [5.74, 6) is 0.954. The summed E-state index contributed by atoms with van der Waals surface area (Å²) in [4.78, 5) is 0. The molecule has 0 amide bonds. The first-order valence-corrected chi connectivity index (χ1v) is 7.82. The van der Waals surface area contributed by atoms with Gasteiger partial charge >= 0.3 is 6.18 Å². The molecule has 0 aliphatic heterocycles. The molecule has 0 unspecified atom stereocenters. The minimum absolute atomic E-state index is 0.498. The predicted octanol–water partition coefficient (Wildman–Crippen LogP) is 4.15. The van der Waals surface area contributed by atoms with Crippen molar-refractivity contribution in [2.75, 3.05) is 0 Å². The van der Waals surface area contributed by atoms with Crippen LogP contribution in [-0.4, -0.2) is 19.6 Å². The van der Waals surface area contributed by atoms with E-state index in [1.54, 1.807) is 6.92 Å². The predicted molar refractivity (Wildman–Crippen MR) is 83.9 cm³/mol. The van der Waals surface area contributed by atoms with Crippen LogP contribution < -0.4 is 0 Å². The highest BCUT2D eigenvalue weighted by molar-refractivity contribution is 5.11. The second kappa shape index (κ2) is 8.17. The van der Waals surface area contributed by atoms with Gasteiger partial charge < -0.3 is 0 Å². The maximum atomic E-state index is 11.9. The van der Waals surface area contributed by atoms with Gasteiger partial charge in [-0.2, -0.15) is 23.4 Å². The number of hydrogen-bond donors (Lipinski definition) is 0. The lowest BCUT2D eigenvalue weighted by atomic mass is 10.2. The van der Waals surface area contributed by atoms with Crippen molar-refractivity contribution in [2.45, 2.75) is 46.2 Å². The Hall–Kier alpha value is -1.79. The van der Waals surface area contributed by atoms with Crippen LogP contribution in [0, 0.1) is 12.8 Å². The summed E-state index contributed by atoms with van der Waals surface area (Å²) in [5.41, 5.74) is 0.917. The molecule has 1 saturated carbocycles. The summed E-state index contributed by atoms with van der Waals surface area (Å²) in [7, 11) is 3.45. The van der Waals surface area contributed by atoms with Crippen molar-refractivity contribution >= 4 is 0 Å². The molecule has 1 fully saturated rings. The topological polar surface area (TPSA) is 35.6 Å². The molecule has 1 aliphatic rings. The van der Waals surface area contributed by atoms with Gasteiger partial charge in [0.1, 0.15) is 0 Å². The molecule has 0 spiro atoms. The Kier molecular flexibility index (Phi) is 6.84. The third-order valence-electron chi connectivity index (χ3n) is 3.37. The molecular weight excluding hydrogens is 305 g/mol. The van der Waals surface area contributed by atoms with Gasteiger partial charge in [0, 0.05) is 26.0 Å². The van der Waals surface area contributed by atoms with E-state index >= 15 is 0 Å². The SMILES string of the molecule is CC.Cc1cc(C(F)(F)F)nn1C.Cn1ccc(CC2CC2)n1. The number of aryl methyl sites for hydroxylation is 3. The Morgan fingerprint density at radius 2 is 1.78 bits per heavy atom. The highest BCUT2D eigenvalue weighted by Gasteiger charge is 2.33. The van der Waals surface area contributed by atoms with Gasteiger partial charge in [0.05, 0.1) is 5.69 Å². The molecule has 7 heteroatoms. The molecule has 0 N–H and O–H groups in total. The number of hydrogen-bond acceptors (Lipinski definition) is 2.